The molecule has 114 valence electrons. The number of likely N-dealkylation sites (tertiary alicyclic amines) is 1. The number of nitrogens with one attached hydrogen (secondary N) is 2. The molecule has 6 nitrogen and oxygen atoms in total. The van der Waals surface area contributed by atoms with Crippen LogP contribution in [-0.4, -0.2) is 47.7 Å². The van der Waals surface area contributed by atoms with Gasteiger partial charge in [0.05, 0.1) is 5.56 Å². The molecule has 2 amide bonds. The monoisotopic (exact) mass is 291 g/mol. The highest BCUT2D eigenvalue weighted by molar-refractivity contribution is 5.93. The third-order valence-electron chi connectivity index (χ3n) is 3.91. The Morgan fingerprint density at radius 1 is 1.38 bits per heavy atom. The van der Waals surface area contributed by atoms with Gasteiger partial charge < -0.3 is 20.6 Å². The van der Waals surface area contributed by atoms with Gasteiger partial charge in [0.1, 0.15) is 0 Å². The van der Waals surface area contributed by atoms with E-state index in [0.717, 1.165) is 19.4 Å². The standard InChI is InChI=1S/C15H21N3O3/c1-10-8-13(6-7-18(10)2)17-15(21)16-12-5-3-4-11(9-12)14(19)20/h3-5,9-10,13H,6-8H2,1-2H3,(H,19,20)(H2,16,17,21). The maximum atomic E-state index is 12.0. The van der Waals surface area contributed by atoms with E-state index in [-0.39, 0.29) is 17.6 Å². The van der Waals surface area contributed by atoms with Crippen molar-refractivity contribution < 1.29 is 14.7 Å². The summed E-state index contributed by atoms with van der Waals surface area (Å²) in [7, 11) is 2.08. The normalized spacial score (nSPS) is 22.6. The Kier molecular flexibility index (Phi) is 4.80. The third-order valence-corrected chi connectivity index (χ3v) is 3.91. The van der Waals surface area contributed by atoms with Crippen LogP contribution < -0.4 is 10.6 Å². The molecule has 3 N–H and O–H groups in total. The molecule has 6 heteroatoms. The molecule has 0 bridgehead atoms. The zero-order valence-electron chi connectivity index (χ0n) is 12.3. The van der Waals surface area contributed by atoms with Crippen LogP contribution in [0.1, 0.15) is 30.1 Å². The summed E-state index contributed by atoms with van der Waals surface area (Å²) in [5.41, 5.74) is 0.633. The Balaban J connectivity index is 1.90. The molecule has 1 aromatic rings. The van der Waals surface area contributed by atoms with Crippen molar-refractivity contribution in [2.75, 3.05) is 18.9 Å². The van der Waals surface area contributed by atoms with Gasteiger partial charge in [0.15, 0.2) is 0 Å². The lowest BCUT2D eigenvalue weighted by molar-refractivity contribution is 0.0697. The number of aromatic carboxylic acids is 1. The number of carboxylic acids is 1. The van der Waals surface area contributed by atoms with Crippen molar-refractivity contribution in [1.29, 1.82) is 0 Å². The predicted octanol–water partition coefficient (Wildman–Crippen LogP) is 1.99. The number of carboxylic acid groups (broad SMARTS) is 1. The number of nitrogens with zero attached hydrogens (tertiary/aromatic N) is 1. The van der Waals surface area contributed by atoms with Gasteiger partial charge in [-0.1, -0.05) is 6.07 Å². The summed E-state index contributed by atoms with van der Waals surface area (Å²) in [6, 6.07) is 6.51. The Bertz CT molecular complexity index is 533. The van der Waals surface area contributed by atoms with Gasteiger partial charge in [-0.3, -0.25) is 0 Å². The fraction of sp³-hybridized carbons (Fsp3) is 0.467. The van der Waals surface area contributed by atoms with E-state index in [1.807, 2.05) is 0 Å². The summed E-state index contributed by atoms with van der Waals surface area (Å²) in [5.74, 6) is -1.01. The summed E-state index contributed by atoms with van der Waals surface area (Å²) in [5, 5.41) is 14.6. The molecule has 0 aromatic heterocycles. The molecule has 2 atom stereocenters. The van der Waals surface area contributed by atoms with Gasteiger partial charge >= 0.3 is 12.0 Å². The van der Waals surface area contributed by atoms with Gasteiger partial charge in [0, 0.05) is 24.3 Å². The fourth-order valence-corrected chi connectivity index (χ4v) is 2.50. The van der Waals surface area contributed by atoms with Crippen molar-refractivity contribution in [1.82, 2.24) is 10.2 Å². The minimum atomic E-state index is -1.01. The van der Waals surface area contributed by atoms with Crippen LogP contribution in [-0.2, 0) is 0 Å². The fourth-order valence-electron chi connectivity index (χ4n) is 2.50. The molecule has 0 spiro atoms. The molecule has 1 aliphatic rings. The van der Waals surface area contributed by atoms with Crippen molar-refractivity contribution >= 4 is 17.7 Å². The maximum absolute atomic E-state index is 12.0. The minimum absolute atomic E-state index is 0.152. The first-order valence-corrected chi connectivity index (χ1v) is 7.07. The van der Waals surface area contributed by atoms with E-state index >= 15 is 0 Å². The number of carbonyl (C=O) groups is 2. The van der Waals surface area contributed by atoms with E-state index in [1.165, 1.54) is 12.1 Å². The topological polar surface area (TPSA) is 81.7 Å². The number of piperidine rings is 1. The largest absolute Gasteiger partial charge is 0.478 e. The first-order chi connectivity index (χ1) is 9.95. The van der Waals surface area contributed by atoms with Crippen LogP contribution in [0.25, 0.3) is 0 Å². The van der Waals surface area contributed by atoms with Gasteiger partial charge in [-0.15, -0.1) is 0 Å². The van der Waals surface area contributed by atoms with E-state index < -0.39 is 5.97 Å². The van der Waals surface area contributed by atoms with Crippen molar-refractivity contribution in [2.45, 2.75) is 31.8 Å². The minimum Gasteiger partial charge on any atom is -0.478 e. The van der Waals surface area contributed by atoms with E-state index in [0.29, 0.717) is 11.7 Å². The molecule has 1 fully saturated rings. The molecule has 1 saturated heterocycles. The second-order valence-electron chi connectivity index (χ2n) is 5.54. The number of hydrogen-bond donors (Lipinski definition) is 3. The lowest BCUT2D eigenvalue weighted by Crippen LogP contribution is -2.48. The zero-order valence-corrected chi connectivity index (χ0v) is 12.3. The van der Waals surface area contributed by atoms with Crippen LogP contribution in [0.5, 0.6) is 0 Å². The molecule has 1 heterocycles. The van der Waals surface area contributed by atoms with Crippen LogP contribution in [0, 0.1) is 0 Å². The Morgan fingerprint density at radius 2 is 2.14 bits per heavy atom. The van der Waals surface area contributed by atoms with Crippen molar-refractivity contribution in [3.05, 3.63) is 29.8 Å². The molecule has 0 saturated carbocycles. The molecular weight excluding hydrogens is 270 g/mol. The van der Waals surface area contributed by atoms with Crippen molar-refractivity contribution in [2.24, 2.45) is 0 Å². The second-order valence-corrected chi connectivity index (χ2v) is 5.54. The number of benzene rings is 1. The van der Waals surface area contributed by atoms with Gasteiger partial charge in [0.25, 0.3) is 0 Å². The van der Waals surface area contributed by atoms with E-state index in [1.54, 1.807) is 12.1 Å². The molecule has 21 heavy (non-hydrogen) atoms. The van der Waals surface area contributed by atoms with Crippen LogP contribution in [0.2, 0.25) is 0 Å². The highest BCUT2D eigenvalue weighted by Crippen LogP contribution is 2.16. The number of amides is 2. The van der Waals surface area contributed by atoms with Gasteiger partial charge in [-0.25, -0.2) is 9.59 Å². The SMILES string of the molecule is CC1CC(NC(=O)Nc2cccc(C(=O)O)c2)CCN1C. The van der Waals surface area contributed by atoms with Gasteiger partial charge in [-0.2, -0.15) is 0 Å². The summed E-state index contributed by atoms with van der Waals surface area (Å²) < 4.78 is 0. The van der Waals surface area contributed by atoms with Crippen LogP contribution in [0.15, 0.2) is 24.3 Å². The number of hydrogen-bond acceptors (Lipinski definition) is 3. The lowest BCUT2D eigenvalue weighted by atomic mass is 9.99. The van der Waals surface area contributed by atoms with Crippen LogP contribution in [0.4, 0.5) is 10.5 Å². The first kappa shape index (κ1) is 15.3. The zero-order chi connectivity index (χ0) is 15.4. The van der Waals surface area contributed by atoms with Crippen LogP contribution >= 0.6 is 0 Å². The molecule has 2 rings (SSSR count). The first-order valence-electron chi connectivity index (χ1n) is 7.07. The number of carbonyl (C=O) groups excluding carboxylic acids is 1. The Hall–Kier alpha value is -2.08. The smallest absolute Gasteiger partial charge is 0.335 e. The highest BCUT2D eigenvalue weighted by Gasteiger charge is 2.23. The molecule has 0 aliphatic carbocycles. The quantitative estimate of drug-likeness (QED) is 0.795. The summed E-state index contributed by atoms with van der Waals surface area (Å²) in [4.78, 5) is 25.1. The van der Waals surface area contributed by atoms with Gasteiger partial charge in [-0.05, 0) is 45.0 Å². The Labute approximate surface area is 124 Å². The summed E-state index contributed by atoms with van der Waals surface area (Å²) in [6.07, 6.45) is 1.84. The second kappa shape index (κ2) is 6.58. The number of urea groups is 1. The Morgan fingerprint density at radius 3 is 2.81 bits per heavy atom. The molecule has 1 aromatic carbocycles. The average Bonchev–Trinajstić information content (AvgIpc) is 2.43. The van der Waals surface area contributed by atoms with E-state index in [2.05, 4.69) is 29.5 Å². The number of anilines is 1. The van der Waals surface area contributed by atoms with Crippen molar-refractivity contribution in [3.63, 3.8) is 0 Å². The summed E-state index contributed by atoms with van der Waals surface area (Å²) in [6.45, 7) is 3.10. The predicted molar refractivity (Wildman–Crippen MR) is 80.7 cm³/mol. The highest BCUT2D eigenvalue weighted by atomic mass is 16.4. The van der Waals surface area contributed by atoms with Crippen LogP contribution in [0.3, 0.4) is 0 Å². The van der Waals surface area contributed by atoms with E-state index in [4.69, 9.17) is 5.11 Å². The lowest BCUT2D eigenvalue weighted by Gasteiger charge is -2.35. The molecule has 2 unspecified atom stereocenters. The number of rotatable bonds is 3. The van der Waals surface area contributed by atoms with Gasteiger partial charge in [0.2, 0.25) is 0 Å². The molecular formula is C15H21N3O3. The van der Waals surface area contributed by atoms with E-state index in [9.17, 15) is 9.59 Å². The third kappa shape index (κ3) is 4.19. The molecule has 0 radical (unpaired) electrons. The average molecular weight is 291 g/mol. The molecule has 1 aliphatic heterocycles. The maximum Gasteiger partial charge on any atom is 0.335 e. The van der Waals surface area contributed by atoms with Crippen molar-refractivity contribution in [3.8, 4) is 0 Å². The summed E-state index contributed by atoms with van der Waals surface area (Å²) >= 11 is 0.